The van der Waals surface area contributed by atoms with Gasteiger partial charge in [-0.05, 0) is 0 Å². The van der Waals surface area contributed by atoms with Crippen molar-refractivity contribution in [3.8, 4) is 5.75 Å². The Morgan fingerprint density at radius 1 is 1.50 bits per heavy atom. The Labute approximate surface area is 83.7 Å². The van der Waals surface area contributed by atoms with E-state index in [4.69, 9.17) is 27.5 Å². The molecule has 1 rings (SSSR count). The largest absolute Gasteiger partial charge is 0.506 e. The minimum atomic E-state index is -1.20. The maximum atomic E-state index is 13.2. The van der Waals surface area contributed by atoms with Crippen LogP contribution in [-0.4, -0.2) is 16.8 Å². The topological polar surface area (TPSA) is 66.5 Å². The van der Waals surface area contributed by atoms with Crippen molar-refractivity contribution in [2.45, 2.75) is 6.04 Å². The number of aliphatic hydroxyl groups is 1. The van der Waals surface area contributed by atoms with Gasteiger partial charge in [0, 0.05) is 11.6 Å². The zero-order valence-corrected chi connectivity index (χ0v) is 7.72. The van der Waals surface area contributed by atoms with Gasteiger partial charge in [0.15, 0.2) is 5.82 Å². The van der Waals surface area contributed by atoms with Crippen LogP contribution < -0.4 is 5.73 Å². The molecule has 6 heteroatoms. The van der Waals surface area contributed by atoms with E-state index in [1.54, 1.807) is 0 Å². The van der Waals surface area contributed by atoms with E-state index in [0.717, 1.165) is 0 Å². The summed E-state index contributed by atoms with van der Waals surface area (Å²) in [5.41, 5.74) is 4.71. The first kappa shape index (κ1) is 11.2. The van der Waals surface area contributed by atoms with Crippen LogP contribution in [0, 0.1) is 11.6 Å². The lowest BCUT2D eigenvalue weighted by atomic mass is 10.1. The summed E-state index contributed by atoms with van der Waals surface area (Å²) in [5, 5.41) is 17.0. The Balaban J connectivity index is 3.36. The highest BCUT2D eigenvalue weighted by Crippen LogP contribution is 2.32. The summed E-state index contributed by atoms with van der Waals surface area (Å²) in [6.07, 6.45) is 0. The number of hydrogen-bond acceptors (Lipinski definition) is 3. The number of phenols is 1. The Morgan fingerprint density at radius 3 is 2.57 bits per heavy atom. The highest BCUT2D eigenvalue weighted by atomic mass is 35.5. The van der Waals surface area contributed by atoms with Crippen LogP contribution in [0.25, 0.3) is 0 Å². The quantitative estimate of drug-likeness (QED) is 0.663. The van der Waals surface area contributed by atoms with Gasteiger partial charge < -0.3 is 15.9 Å². The third kappa shape index (κ3) is 1.79. The SMILES string of the molecule is NC(CO)c1c(F)cc(O)c(Cl)c1F. The van der Waals surface area contributed by atoms with Crippen molar-refractivity contribution < 1.29 is 19.0 Å². The molecule has 14 heavy (non-hydrogen) atoms. The number of phenolic OH excluding ortho intramolecular Hbond substituents is 1. The van der Waals surface area contributed by atoms with Gasteiger partial charge in [0.25, 0.3) is 0 Å². The predicted octanol–water partition coefficient (Wildman–Crippen LogP) is 1.32. The van der Waals surface area contributed by atoms with Crippen LogP contribution in [0.15, 0.2) is 6.07 Å². The molecule has 0 saturated carbocycles. The van der Waals surface area contributed by atoms with Crippen molar-refractivity contribution in [1.82, 2.24) is 0 Å². The fourth-order valence-corrected chi connectivity index (χ4v) is 1.18. The van der Waals surface area contributed by atoms with Crippen LogP contribution in [0.5, 0.6) is 5.75 Å². The van der Waals surface area contributed by atoms with Crippen molar-refractivity contribution in [3.05, 3.63) is 28.3 Å². The number of rotatable bonds is 2. The smallest absolute Gasteiger partial charge is 0.153 e. The molecule has 0 bridgehead atoms. The summed E-state index contributed by atoms with van der Waals surface area (Å²) in [4.78, 5) is 0. The average Bonchev–Trinajstić information content (AvgIpc) is 2.14. The molecule has 0 fully saturated rings. The van der Waals surface area contributed by atoms with Crippen molar-refractivity contribution in [2.24, 2.45) is 5.73 Å². The molecule has 0 spiro atoms. The summed E-state index contributed by atoms with van der Waals surface area (Å²) in [6.45, 7) is -0.616. The Morgan fingerprint density at radius 2 is 2.07 bits per heavy atom. The second kappa shape index (κ2) is 4.08. The van der Waals surface area contributed by atoms with Crippen LogP contribution in [0.1, 0.15) is 11.6 Å². The zero-order valence-electron chi connectivity index (χ0n) is 6.97. The first-order valence-electron chi connectivity index (χ1n) is 3.71. The van der Waals surface area contributed by atoms with E-state index in [0.29, 0.717) is 6.07 Å². The molecule has 0 saturated heterocycles. The fourth-order valence-electron chi connectivity index (χ4n) is 1.03. The monoisotopic (exact) mass is 223 g/mol. The second-order valence-corrected chi connectivity index (χ2v) is 3.09. The number of aromatic hydroxyl groups is 1. The highest BCUT2D eigenvalue weighted by molar-refractivity contribution is 6.32. The van der Waals surface area contributed by atoms with E-state index in [2.05, 4.69) is 0 Å². The van der Waals surface area contributed by atoms with E-state index in [1.165, 1.54) is 0 Å². The first-order chi connectivity index (χ1) is 6.49. The predicted molar refractivity (Wildman–Crippen MR) is 47.0 cm³/mol. The van der Waals surface area contributed by atoms with E-state index < -0.39 is 40.6 Å². The molecular formula is C8H8ClF2NO2. The maximum absolute atomic E-state index is 13.2. The van der Waals surface area contributed by atoms with Crippen molar-refractivity contribution >= 4 is 11.6 Å². The van der Waals surface area contributed by atoms with Crippen molar-refractivity contribution in [1.29, 1.82) is 0 Å². The van der Waals surface area contributed by atoms with Crippen molar-refractivity contribution in [3.63, 3.8) is 0 Å². The second-order valence-electron chi connectivity index (χ2n) is 2.71. The number of hydrogen-bond donors (Lipinski definition) is 3. The summed E-state index contributed by atoms with van der Waals surface area (Å²) in [5.74, 6) is -2.88. The molecule has 3 nitrogen and oxygen atoms in total. The van der Waals surface area contributed by atoms with E-state index in [9.17, 15) is 8.78 Å². The van der Waals surface area contributed by atoms with Crippen molar-refractivity contribution in [2.75, 3.05) is 6.61 Å². The van der Waals surface area contributed by atoms with Gasteiger partial charge >= 0.3 is 0 Å². The lowest BCUT2D eigenvalue weighted by molar-refractivity contribution is 0.262. The molecule has 0 aliphatic carbocycles. The highest BCUT2D eigenvalue weighted by Gasteiger charge is 2.21. The van der Waals surface area contributed by atoms with Crippen LogP contribution in [0.4, 0.5) is 8.78 Å². The normalized spacial score (nSPS) is 12.9. The third-order valence-electron chi connectivity index (χ3n) is 1.74. The third-order valence-corrected chi connectivity index (χ3v) is 2.10. The molecule has 1 atom stereocenters. The van der Waals surface area contributed by atoms with E-state index in [1.807, 2.05) is 0 Å². The van der Waals surface area contributed by atoms with Crippen LogP contribution >= 0.6 is 11.6 Å². The molecule has 78 valence electrons. The molecule has 0 amide bonds. The van der Waals surface area contributed by atoms with Gasteiger partial charge in [0.2, 0.25) is 0 Å². The summed E-state index contributed by atoms with van der Waals surface area (Å²) >= 11 is 5.33. The minimum absolute atomic E-state index is 0.532. The van der Waals surface area contributed by atoms with Gasteiger partial charge in [-0.1, -0.05) is 11.6 Å². The average molecular weight is 224 g/mol. The number of aliphatic hydroxyl groups excluding tert-OH is 1. The summed E-state index contributed by atoms with van der Waals surface area (Å²) < 4.78 is 26.3. The number of halogens is 3. The molecule has 0 radical (unpaired) electrons. The number of benzene rings is 1. The van der Waals surface area contributed by atoms with E-state index in [-0.39, 0.29) is 0 Å². The molecular weight excluding hydrogens is 216 g/mol. The van der Waals surface area contributed by atoms with Gasteiger partial charge in [0.05, 0.1) is 12.6 Å². The van der Waals surface area contributed by atoms with Gasteiger partial charge in [-0.3, -0.25) is 0 Å². The fraction of sp³-hybridized carbons (Fsp3) is 0.250. The first-order valence-corrected chi connectivity index (χ1v) is 4.09. The molecule has 0 aromatic heterocycles. The lowest BCUT2D eigenvalue weighted by Crippen LogP contribution is -2.18. The van der Waals surface area contributed by atoms with Gasteiger partial charge in [-0.2, -0.15) is 0 Å². The molecule has 1 unspecified atom stereocenters. The Bertz CT molecular complexity index is 360. The van der Waals surface area contributed by atoms with Crippen LogP contribution in [0.2, 0.25) is 5.02 Å². The Hall–Kier alpha value is -0.910. The Kier molecular flexibility index (Phi) is 3.25. The molecule has 4 N–H and O–H groups in total. The van der Waals surface area contributed by atoms with Gasteiger partial charge in [0.1, 0.15) is 16.6 Å². The molecule has 0 aliphatic rings. The summed E-state index contributed by atoms with van der Waals surface area (Å²) in [6, 6.07) is -0.552. The molecule has 0 aliphatic heterocycles. The number of nitrogens with two attached hydrogens (primary N) is 1. The van der Waals surface area contributed by atoms with Crippen LogP contribution in [-0.2, 0) is 0 Å². The maximum Gasteiger partial charge on any atom is 0.153 e. The van der Waals surface area contributed by atoms with Gasteiger partial charge in [-0.15, -0.1) is 0 Å². The molecule has 0 heterocycles. The standard InChI is InChI=1S/C8H8ClF2NO2/c9-7-5(14)1-3(10)6(8(7)11)4(12)2-13/h1,4,13-14H,2,12H2. The van der Waals surface area contributed by atoms with Gasteiger partial charge in [-0.25, -0.2) is 8.78 Å². The zero-order chi connectivity index (χ0) is 10.9. The molecule has 1 aromatic carbocycles. The van der Waals surface area contributed by atoms with E-state index >= 15 is 0 Å². The van der Waals surface area contributed by atoms with Crippen LogP contribution in [0.3, 0.4) is 0 Å². The minimum Gasteiger partial charge on any atom is -0.506 e. The lowest BCUT2D eigenvalue weighted by Gasteiger charge is -2.12. The molecule has 1 aromatic rings. The summed E-state index contributed by atoms with van der Waals surface area (Å²) in [7, 11) is 0.